The second-order valence-corrected chi connectivity index (χ2v) is 14.1. The highest BCUT2D eigenvalue weighted by Gasteiger charge is 2.20. The number of benzene rings is 10. The molecule has 0 aliphatic rings. The quantitative estimate of drug-likeness (QED) is 0.168. The molecule has 0 fully saturated rings. The fourth-order valence-electron chi connectivity index (χ4n) is 8.51. The molecule has 1 aromatic heterocycles. The molecule has 2 heteroatoms. The Bertz CT molecular complexity index is 3160. The van der Waals surface area contributed by atoms with E-state index in [1.54, 1.807) is 0 Å². The molecule has 0 bridgehead atoms. The maximum atomic E-state index is 7.03. The van der Waals surface area contributed by atoms with Crippen LogP contribution in [0.5, 0.6) is 0 Å². The predicted molar refractivity (Wildman–Crippen MR) is 229 cm³/mol. The van der Waals surface area contributed by atoms with Crippen LogP contribution in [0.4, 0.5) is 17.1 Å². The van der Waals surface area contributed by atoms with E-state index in [0.29, 0.717) is 0 Å². The third-order valence-corrected chi connectivity index (χ3v) is 11.0. The van der Waals surface area contributed by atoms with Gasteiger partial charge in [0.25, 0.3) is 0 Å². The summed E-state index contributed by atoms with van der Waals surface area (Å²) < 4.78 is 7.03. The van der Waals surface area contributed by atoms with Gasteiger partial charge in [0.15, 0.2) is 0 Å². The Balaban J connectivity index is 1.12. The van der Waals surface area contributed by atoms with Crippen molar-refractivity contribution in [3.63, 3.8) is 0 Å². The standard InChI is InChI=1S/C52H33NO/c1-3-13-34(14-4-1)35-23-26-39(27-24-35)53(38-16-5-2-6-17-38)40-28-30-47-49-31-36-15-7-8-18-41(36)51(52(49)54-50(47)33-40)37-25-29-46-44-21-10-9-19-42(44)43-20-11-12-22-45(43)48(46)32-37/h1-33H. The summed E-state index contributed by atoms with van der Waals surface area (Å²) in [5, 5.41) is 12.2. The Kier molecular flexibility index (Phi) is 6.90. The van der Waals surface area contributed by atoms with Gasteiger partial charge in [0.1, 0.15) is 11.2 Å². The highest BCUT2D eigenvalue weighted by Crippen LogP contribution is 2.45. The van der Waals surface area contributed by atoms with Crippen LogP contribution in [0.25, 0.3) is 87.3 Å². The molecule has 0 aliphatic carbocycles. The van der Waals surface area contributed by atoms with Crippen molar-refractivity contribution >= 4 is 82.1 Å². The van der Waals surface area contributed by atoms with Crippen LogP contribution in [-0.2, 0) is 0 Å². The Labute approximate surface area is 312 Å². The molecule has 0 saturated carbocycles. The summed E-state index contributed by atoms with van der Waals surface area (Å²) in [4.78, 5) is 2.30. The number of rotatable bonds is 5. The summed E-state index contributed by atoms with van der Waals surface area (Å²) in [5.74, 6) is 0. The van der Waals surface area contributed by atoms with E-state index in [0.717, 1.165) is 50.1 Å². The van der Waals surface area contributed by atoms with Crippen molar-refractivity contribution in [1.29, 1.82) is 0 Å². The molecule has 10 aromatic carbocycles. The van der Waals surface area contributed by atoms with Gasteiger partial charge in [-0.05, 0) is 108 Å². The maximum absolute atomic E-state index is 7.03. The van der Waals surface area contributed by atoms with E-state index < -0.39 is 0 Å². The first-order chi connectivity index (χ1) is 26.8. The van der Waals surface area contributed by atoms with E-state index in [2.05, 4.69) is 205 Å². The van der Waals surface area contributed by atoms with Crippen LogP contribution in [-0.4, -0.2) is 0 Å². The van der Waals surface area contributed by atoms with Crippen LogP contribution in [0.2, 0.25) is 0 Å². The molecule has 0 spiro atoms. The Morgan fingerprint density at radius 2 is 0.796 bits per heavy atom. The highest BCUT2D eigenvalue weighted by molar-refractivity contribution is 6.26. The third kappa shape index (κ3) is 4.81. The number of hydrogen-bond acceptors (Lipinski definition) is 2. The van der Waals surface area contributed by atoms with Gasteiger partial charge in [-0.3, -0.25) is 0 Å². The number of nitrogens with zero attached hydrogens (tertiary/aromatic N) is 1. The van der Waals surface area contributed by atoms with E-state index in [1.165, 1.54) is 54.2 Å². The molecule has 0 N–H and O–H groups in total. The summed E-state index contributed by atoms with van der Waals surface area (Å²) >= 11 is 0. The SMILES string of the molecule is c1ccc(-c2ccc(N(c3ccccc3)c3ccc4c(c3)oc3c(-c5ccc6c7ccccc7c7ccccc7c6c5)c5ccccc5cc34)cc2)cc1. The minimum absolute atomic E-state index is 0.859. The molecule has 0 unspecified atom stereocenters. The minimum atomic E-state index is 0.859. The fourth-order valence-corrected chi connectivity index (χ4v) is 8.51. The van der Waals surface area contributed by atoms with Gasteiger partial charge in [0.2, 0.25) is 0 Å². The van der Waals surface area contributed by atoms with Crippen LogP contribution >= 0.6 is 0 Å². The normalized spacial score (nSPS) is 11.7. The van der Waals surface area contributed by atoms with Crippen molar-refractivity contribution < 1.29 is 4.42 Å². The van der Waals surface area contributed by atoms with E-state index >= 15 is 0 Å². The summed E-state index contributed by atoms with van der Waals surface area (Å²) in [6.07, 6.45) is 0. The average Bonchev–Trinajstić information content (AvgIpc) is 3.61. The van der Waals surface area contributed by atoms with Crippen molar-refractivity contribution in [3.8, 4) is 22.3 Å². The lowest BCUT2D eigenvalue weighted by Gasteiger charge is -2.25. The van der Waals surface area contributed by atoms with Gasteiger partial charge in [-0.1, -0.05) is 146 Å². The molecule has 0 atom stereocenters. The summed E-state index contributed by atoms with van der Waals surface area (Å²) in [6.45, 7) is 0. The van der Waals surface area contributed by atoms with E-state index in [1.807, 2.05) is 0 Å². The molecule has 11 aromatic rings. The smallest absolute Gasteiger partial charge is 0.143 e. The first-order valence-corrected chi connectivity index (χ1v) is 18.5. The zero-order valence-electron chi connectivity index (χ0n) is 29.4. The van der Waals surface area contributed by atoms with Gasteiger partial charge >= 0.3 is 0 Å². The van der Waals surface area contributed by atoms with Crippen molar-refractivity contribution in [2.24, 2.45) is 0 Å². The topological polar surface area (TPSA) is 16.4 Å². The van der Waals surface area contributed by atoms with Crippen LogP contribution in [0.1, 0.15) is 0 Å². The molecule has 11 rings (SSSR count). The molecule has 2 nitrogen and oxygen atoms in total. The number of hydrogen-bond donors (Lipinski definition) is 0. The van der Waals surface area contributed by atoms with E-state index in [4.69, 9.17) is 4.42 Å². The van der Waals surface area contributed by atoms with Crippen LogP contribution in [0, 0.1) is 0 Å². The Morgan fingerprint density at radius 1 is 0.296 bits per heavy atom. The summed E-state index contributed by atoms with van der Waals surface area (Å²) in [5.41, 5.74) is 9.63. The molecule has 0 saturated heterocycles. The first kappa shape index (κ1) is 30.5. The molecular weight excluding hydrogens is 655 g/mol. The zero-order valence-corrected chi connectivity index (χ0v) is 29.4. The molecular formula is C52H33NO. The molecule has 1 heterocycles. The van der Waals surface area contributed by atoms with Gasteiger partial charge in [0.05, 0.1) is 0 Å². The van der Waals surface area contributed by atoms with Gasteiger partial charge in [-0.15, -0.1) is 0 Å². The van der Waals surface area contributed by atoms with E-state index in [9.17, 15) is 0 Å². The van der Waals surface area contributed by atoms with E-state index in [-0.39, 0.29) is 0 Å². The van der Waals surface area contributed by atoms with Crippen molar-refractivity contribution in [3.05, 3.63) is 200 Å². The number of para-hydroxylation sites is 1. The second kappa shape index (κ2) is 12.2. The average molecular weight is 688 g/mol. The molecule has 0 radical (unpaired) electrons. The Morgan fingerprint density at radius 3 is 1.50 bits per heavy atom. The van der Waals surface area contributed by atoms with Gasteiger partial charge in [-0.25, -0.2) is 0 Å². The minimum Gasteiger partial charge on any atom is -0.455 e. The van der Waals surface area contributed by atoms with Crippen LogP contribution < -0.4 is 4.90 Å². The Hall–Kier alpha value is -7.16. The number of fused-ring (bicyclic) bond motifs is 10. The molecule has 0 amide bonds. The zero-order chi connectivity index (χ0) is 35.6. The lowest BCUT2D eigenvalue weighted by molar-refractivity contribution is 0.670. The molecule has 252 valence electrons. The third-order valence-electron chi connectivity index (χ3n) is 11.0. The number of furan rings is 1. The summed E-state index contributed by atoms with van der Waals surface area (Å²) in [7, 11) is 0. The van der Waals surface area contributed by atoms with Crippen LogP contribution in [0.15, 0.2) is 205 Å². The molecule has 0 aliphatic heterocycles. The van der Waals surface area contributed by atoms with Gasteiger partial charge in [0, 0.05) is 39.5 Å². The van der Waals surface area contributed by atoms with Gasteiger partial charge < -0.3 is 9.32 Å². The fraction of sp³-hybridized carbons (Fsp3) is 0. The number of anilines is 3. The van der Waals surface area contributed by atoms with Crippen molar-refractivity contribution in [2.45, 2.75) is 0 Å². The van der Waals surface area contributed by atoms with Gasteiger partial charge in [-0.2, -0.15) is 0 Å². The largest absolute Gasteiger partial charge is 0.455 e. The lowest BCUT2D eigenvalue weighted by Crippen LogP contribution is -2.09. The first-order valence-electron chi connectivity index (χ1n) is 18.5. The van der Waals surface area contributed by atoms with Crippen molar-refractivity contribution in [1.82, 2.24) is 0 Å². The summed E-state index contributed by atoms with van der Waals surface area (Å²) in [6, 6.07) is 72.0. The van der Waals surface area contributed by atoms with Crippen molar-refractivity contribution in [2.75, 3.05) is 4.90 Å². The molecule has 54 heavy (non-hydrogen) atoms. The monoisotopic (exact) mass is 687 g/mol. The van der Waals surface area contributed by atoms with Crippen LogP contribution in [0.3, 0.4) is 0 Å². The maximum Gasteiger partial charge on any atom is 0.143 e. The predicted octanol–water partition coefficient (Wildman–Crippen LogP) is 15.0. The second-order valence-electron chi connectivity index (χ2n) is 14.1. The lowest BCUT2D eigenvalue weighted by atomic mass is 9.90. The highest BCUT2D eigenvalue weighted by atomic mass is 16.3.